The molecule has 1 saturated carbocycles. The highest BCUT2D eigenvalue weighted by Gasteiger charge is 2.45. The molecule has 0 saturated heterocycles. The second kappa shape index (κ2) is 4.70. The van der Waals surface area contributed by atoms with Crippen molar-refractivity contribution in [3.05, 3.63) is 47.6 Å². The highest BCUT2D eigenvalue weighted by Crippen LogP contribution is 2.47. The third-order valence-corrected chi connectivity index (χ3v) is 4.55. The van der Waals surface area contributed by atoms with Crippen LogP contribution in [0, 0.1) is 0 Å². The van der Waals surface area contributed by atoms with E-state index in [1.807, 2.05) is 27.0 Å². The van der Waals surface area contributed by atoms with Crippen molar-refractivity contribution in [2.75, 3.05) is 7.05 Å². The maximum absolute atomic E-state index is 5.50. The molecular formula is C16H21N3O. The van der Waals surface area contributed by atoms with Gasteiger partial charge in [-0.25, -0.2) is 0 Å². The molecule has 0 unspecified atom stereocenters. The van der Waals surface area contributed by atoms with Crippen LogP contribution in [0.5, 0.6) is 0 Å². The molecule has 0 amide bonds. The Bertz CT molecular complexity index is 585. The van der Waals surface area contributed by atoms with Gasteiger partial charge < -0.3 is 9.84 Å². The molecule has 1 N–H and O–H groups in total. The lowest BCUT2D eigenvalue weighted by atomic mass is 9.64. The quantitative estimate of drug-likeness (QED) is 0.928. The van der Waals surface area contributed by atoms with Crippen LogP contribution in [0.4, 0.5) is 0 Å². The number of benzene rings is 1. The van der Waals surface area contributed by atoms with Crippen molar-refractivity contribution >= 4 is 0 Å². The Morgan fingerprint density at radius 3 is 2.45 bits per heavy atom. The second-order valence-electron chi connectivity index (χ2n) is 6.10. The molecule has 0 atom stereocenters. The van der Waals surface area contributed by atoms with Gasteiger partial charge >= 0.3 is 0 Å². The molecule has 20 heavy (non-hydrogen) atoms. The molecular weight excluding hydrogens is 250 g/mol. The maximum Gasteiger partial charge on any atom is 0.246 e. The highest BCUT2D eigenvalue weighted by atomic mass is 16.5. The summed E-state index contributed by atoms with van der Waals surface area (Å²) in [6, 6.07) is 10.5. The molecule has 106 valence electrons. The first kappa shape index (κ1) is 13.3. The summed E-state index contributed by atoms with van der Waals surface area (Å²) in [5.74, 6) is 1.48. The minimum atomic E-state index is -0.299. The molecule has 4 heteroatoms. The van der Waals surface area contributed by atoms with Gasteiger partial charge in [-0.2, -0.15) is 4.98 Å². The number of hydrogen-bond acceptors (Lipinski definition) is 4. The van der Waals surface area contributed by atoms with E-state index >= 15 is 0 Å². The predicted molar refractivity (Wildman–Crippen MR) is 77.5 cm³/mol. The zero-order valence-corrected chi connectivity index (χ0v) is 12.3. The Kier molecular flexibility index (Phi) is 3.13. The minimum absolute atomic E-state index is 0.0488. The monoisotopic (exact) mass is 271 g/mol. The average Bonchev–Trinajstić information content (AvgIpc) is 2.89. The van der Waals surface area contributed by atoms with Crippen LogP contribution in [0.3, 0.4) is 0 Å². The second-order valence-corrected chi connectivity index (χ2v) is 6.10. The van der Waals surface area contributed by atoms with E-state index in [4.69, 9.17) is 4.52 Å². The summed E-state index contributed by atoms with van der Waals surface area (Å²) >= 11 is 0. The van der Waals surface area contributed by atoms with Gasteiger partial charge in [-0.05, 0) is 39.3 Å². The standard InChI is InChI=1S/C16H21N3O/c1-15(2,17-3)14-18-13(19-20-14)16(10-7-11-16)12-8-5-4-6-9-12/h4-6,8-9,17H,7,10-11H2,1-3H3. The van der Waals surface area contributed by atoms with E-state index < -0.39 is 0 Å². The number of aromatic nitrogens is 2. The molecule has 0 spiro atoms. The van der Waals surface area contributed by atoms with Gasteiger partial charge in [-0.3, -0.25) is 0 Å². The van der Waals surface area contributed by atoms with Crippen LogP contribution in [0.1, 0.15) is 50.4 Å². The fourth-order valence-electron chi connectivity index (χ4n) is 2.71. The molecule has 4 nitrogen and oxygen atoms in total. The zero-order valence-electron chi connectivity index (χ0n) is 12.3. The van der Waals surface area contributed by atoms with E-state index in [1.54, 1.807) is 0 Å². The van der Waals surface area contributed by atoms with Crippen LogP contribution in [0.25, 0.3) is 0 Å². The van der Waals surface area contributed by atoms with Gasteiger partial charge in [0.15, 0.2) is 5.82 Å². The molecule has 0 aliphatic heterocycles. The van der Waals surface area contributed by atoms with Gasteiger partial charge in [0.25, 0.3) is 0 Å². The van der Waals surface area contributed by atoms with Crippen LogP contribution >= 0.6 is 0 Å². The fourth-order valence-corrected chi connectivity index (χ4v) is 2.71. The van der Waals surface area contributed by atoms with E-state index in [0.29, 0.717) is 5.89 Å². The van der Waals surface area contributed by atoms with Crippen molar-refractivity contribution in [3.8, 4) is 0 Å². The van der Waals surface area contributed by atoms with Gasteiger partial charge in [0, 0.05) is 0 Å². The summed E-state index contributed by atoms with van der Waals surface area (Å²) in [6.07, 6.45) is 3.40. The normalized spacial score (nSPS) is 17.8. The molecule has 1 fully saturated rings. The summed E-state index contributed by atoms with van der Waals surface area (Å²) in [5.41, 5.74) is 0.945. The number of rotatable bonds is 4. The molecule has 1 aliphatic rings. The SMILES string of the molecule is CNC(C)(C)c1nc(C2(c3ccccc3)CCC2)no1. The summed E-state index contributed by atoms with van der Waals surface area (Å²) in [4.78, 5) is 4.68. The number of nitrogens with one attached hydrogen (secondary N) is 1. The molecule has 1 aliphatic carbocycles. The Morgan fingerprint density at radius 2 is 1.90 bits per heavy atom. The van der Waals surface area contributed by atoms with Crippen LogP contribution < -0.4 is 5.32 Å². The van der Waals surface area contributed by atoms with E-state index in [2.05, 4.69) is 39.7 Å². The van der Waals surface area contributed by atoms with Crippen molar-refractivity contribution in [1.29, 1.82) is 0 Å². The average molecular weight is 271 g/mol. The van der Waals surface area contributed by atoms with Crippen molar-refractivity contribution in [2.45, 2.75) is 44.1 Å². The van der Waals surface area contributed by atoms with Crippen LogP contribution in [0.2, 0.25) is 0 Å². The largest absolute Gasteiger partial charge is 0.337 e. The Balaban J connectivity index is 1.99. The topological polar surface area (TPSA) is 51.0 Å². The lowest BCUT2D eigenvalue weighted by molar-refractivity contribution is 0.258. The predicted octanol–water partition coefficient (Wildman–Crippen LogP) is 2.99. The van der Waals surface area contributed by atoms with E-state index in [1.165, 1.54) is 12.0 Å². The van der Waals surface area contributed by atoms with Crippen molar-refractivity contribution in [1.82, 2.24) is 15.5 Å². The van der Waals surface area contributed by atoms with Crippen molar-refractivity contribution in [3.63, 3.8) is 0 Å². The van der Waals surface area contributed by atoms with Crippen molar-refractivity contribution in [2.24, 2.45) is 0 Å². The molecule has 2 aromatic rings. The minimum Gasteiger partial charge on any atom is -0.337 e. The number of hydrogen-bond donors (Lipinski definition) is 1. The van der Waals surface area contributed by atoms with Gasteiger partial charge in [-0.1, -0.05) is 41.9 Å². The fraction of sp³-hybridized carbons (Fsp3) is 0.500. The third-order valence-electron chi connectivity index (χ3n) is 4.55. The third kappa shape index (κ3) is 1.95. The molecule has 0 radical (unpaired) electrons. The Labute approximate surface area is 119 Å². The molecule has 0 bridgehead atoms. The summed E-state index contributed by atoms with van der Waals surface area (Å²) < 4.78 is 5.50. The van der Waals surface area contributed by atoms with Crippen LogP contribution in [-0.4, -0.2) is 17.2 Å². The van der Waals surface area contributed by atoms with Gasteiger partial charge in [0.1, 0.15) is 0 Å². The first-order valence-corrected chi connectivity index (χ1v) is 7.18. The van der Waals surface area contributed by atoms with E-state index in [9.17, 15) is 0 Å². The smallest absolute Gasteiger partial charge is 0.246 e. The first-order chi connectivity index (χ1) is 9.58. The molecule has 1 heterocycles. The van der Waals surface area contributed by atoms with Crippen molar-refractivity contribution < 1.29 is 4.52 Å². The maximum atomic E-state index is 5.50. The Morgan fingerprint density at radius 1 is 1.20 bits per heavy atom. The van der Waals surface area contributed by atoms with Crippen LogP contribution in [0.15, 0.2) is 34.9 Å². The highest BCUT2D eigenvalue weighted by molar-refractivity contribution is 5.35. The van der Waals surface area contributed by atoms with Crippen LogP contribution in [-0.2, 0) is 11.0 Å². The summed E-state index contributed by atoms with van der Waals surface area (Å²) in [6.45, 7) is 4.08. The first-order valence-electron chi connectivity index (χ1n) is 7.18. The zero-order chi connectivity index (χ0) is 14.2. The van der Waals surface area contributed by atoms with Gasteiger partial charge in [0.2, 0.25) is 5.89 Å². The molecule has 1 aromatic heterocycles. The lowest BCUT2D eigenvalue weighted by Gasteiger charge is -2.39. The molecule has 3 rings (SSSR count). The van der Waals surface area contributed by atoms with Gasteiger partial charge in [-0.15, -0.1) is 0 Å². The number of nitrogens with zero attached hydrogens (tertiary/aromatic N) is 2. The van der Waals surface area contributed by atoms with E-state index in [-0.39, 0.29) is 11.0 Å². The molecule has 1 aromatic carbocycles. The summed E-state index contributed by atoms with van der Waals surface area (Å²) in [7, 11) is 1.90. The Hall–Kier alpha value is -1.68. The summed E-state index contributed by atoms with van der Waals surface area (Å²) in [5, 5.41) is 7.48. The van der Waals surface area contributed by atoms with Gasteiger partial charge in [0.05, 0.1) is 11.0 Å². The van der Waals surface area contributed by atoms with E-state index in [0.717, 1.165) is 18.7 Å². The lowest BCUT2D eigenvalue weighted by Crippen LogP contribution is -2.37.